The molecule has 1 N–H and O–H groups in total. The molecule has 0 aliphatic carbocycles. The van der Waals surface area contributed by atoms with E-state index in [0.717, 1.165) is 10.7 Å². The molecule has 7 heteroatoms. The zero-order valence-electron chi connectivity index (χ0n) is 13.9. The molecule has 0 bridgehead atoms. The van der Waals surface area contributed by atoms with Gasteiger partial charge in [-0.05, 0) is 30.3 Å². The number of aromatic nitrogens is 2. The minimum atomic E-state index is -1.41. The van der Waals surface area contributed by atoms with Gasteiger partial charge in [-0.3, -0.25) is 9.59 Å². The van der Waals surface area contributed by atoms with Crippen LogP contribution in [0.2, 0.25) is 0 Å². The van der Waals surface area contributed by atoms with Gasteiger partial charge < -0.3 is 9.84 Å². The third kappa shape index (κ3) is 3.34. The van der Waals surface area contributed by atoms with E-state index in [4.69, 9.17) is 4.74 Å². The minimum absolute atomic E-state index is 0.0738. The predicted octanol–water partition coefficient (Wildman–Crippen LogP) is 2.17. The van der Waals surface area contributed by atoms with Crippen molar-refractivity contribution in [3.05, 3.63) is 51.9 Å². The van der Waals surface area contributed by atoms with Crippen molar-refractivity contribution in [2.75, 3.05) is 7.11 Å². The van der Waals surface area contributed by atoms with Crippen LogP contribution in [0.1, 0.15) is 41.6 Å². The average Bonchev–Trinajstić information content (AvgIpc) is 2.53. The second kappa shape index (κ2) is 6.27. The number of hydrogen-bond acceptors (Lipinski definition) is 5. The van der Waals surface area contributed by atoms with Gasteiger partial charge in [-0.1, -0.05) is 20.8 Å². The van der Waals surface area contributed by atoms with Crippen molar-refractivity contribution in [3.8, 4) is 11.4 Å². The third-order valence-corrected chi connectivity index (χ3v) is 3.37. The lowest BCUT2D eigenvalue weighted by Crippen LogP contribution is -2.31. The Morgan fingerprint density at radius 3 is 2.21 bits per heavy atom. The highest BCUT2D eigenvalue weighted by Crippen LogP contribution is 2.20. The van der Waals surface area contributed by atoms with Gasteiger partial charge in [0.1, 0.15) is 17.0 Å². The summed E-state index contributed by atoms with van der Waals surface area (Å²) in [4.78, 5) is 36.2. The van der Waals surface area contributed by atoms with Crippen LogP contribution in [0.15, 0.2) is 35.1 Å². The number of carboxylic acid groups (broad SMARTS) is 1. The van der Waals surface area contributed by atoms with E-state index in [9.17, 15) is 19.5 Å². The van der Waals surface area contributed by atoms with Crippen molar-refractivity contribution in [1.29, 1.82) is 0 Å². The van der Waals surface area contributed by atoms with Crippen molar-refractivity contribution in [3.63, 3.8) is 0 Å². The molecule has 0 aliphatic heterocycles. The summed E-state index contributed by atoms with van der Waals surface area (Å²) < 4.78 is 5.97. The average molecular weight is 330 g/mol. The van der Waals surface area contributed by atoms with Crippen LogP contribution >= 0.6 is 0 Å². The van der Waals surface area contributed by atoms with Crippen LogP contribution in [0, 0.1) is 5.41 Å². The molecule has 0 unspecified atom stereocenters. The molecule has 0 aliphatic rings. The van der Waals surface area contributed by atoms with Crippen LogP contribution in [0.3, 0.4) is 0 Å². The fourth-order valence-corrected chi connectivity index (χ4v) is 2.04. The number of benzene rings is 1. The molecule has 0 atom stereocenters. The number of ketones is 1. The fourth-order valence-electron chi connectivity index (χ4n) is 2.04. The van der Waals surface area contributed by atoms with E-state index in [1.807, 2.05) is 0 Å². The number of carbonyl (C=O) groups is 2. The highest BCUT2D eigenvalue weighted by molar-refractivity contribution is 5.99. The van der Waals surface area contributed by atoms with Crippen LogP contribution in [0.5, 0.6) is 5.75 Å². The van der Waals surface area contributed by atoms with E-state index in [2.05, 4.69) is 5.10 Å². The molecule has 0 amide bonds. The van der Waals surface area contributed by atoms with E-state index in [-0.39, 0.29) is 11.5 Å². The van der Waals surface area contributed by atoms with Gasteiger partial charge in [-0.25, -0.2) is 4.79 Å². The molecular formula is C17H18N2O5. The molecule has 1 aromatic carbocycles. The van der Waals surface area contributed by atoms with Crippen molar-refractivity contribution < 1.29 is 19.4 Å². The number of carbonyl (C=O) groups excluding carboxylic acids is 1. The van der Waals surface area contributed by atoms with Crippen LogP contribution in [-0.4, -0.2) is 33.7 Å². The first-order valence-corrected chi connectivity index (χ1v) is 7.22. The number of hydrogen-bond donors (Lipinski definition) is 1. The van der Waals surface area contributed by atoms with Gasteiger partial charge in [0.25, 0.3) is 5.56 Å². The SMILES string of the molecule is COc1ccc(-n2nc(C(=O)C(C)(C)C)cc(C(=O)O)c2=O)cc1. The van der Waals surface area contributed by atoms with Crippen molar-refractivity contribution in [2.45, 2.75) is 20.8 Å². The van der Waals surface area contributed by atoms with E-state index >= 15 is 0 Å². The molecule has 1 aromatic heterocycles. The summed E-state index contributed by atoms with van der Waals surface area (Å²) in [7, 11) is 1.50. The first-order valence-electron chi connectivity index (χ1n) is 7.22. The Morgan fingerprint density at radius 2 is 1.75 bits per heavy atom. The Balaban J connectivity index is 2.70. The van der Waals surface area contributed by atoms with Gasteiger partial charge in [0, 0.05) is 5.41 Å². The topological polar surface area (TPSA) is 98.5 Å². The third-order valence-electron chi connectivity index (χ3n) is 3.37. The highest BCUT2D eigenvalue weighted by atomic mass is 16.5. The van der Waals surface area contributed by atoms with Crippen LogP contribution < -0.4 is 10.3 Å². The number of ether oxygens (including phenoxy) is 1. The normalized spacial score (nSPS) is 11.2. The molecule has 126 valence electrons. The molecule has 1 heterocycles. The lowest BCUT2D eigenvalue weighted by Gasteiger charge is -2.17. The Kier molecular flexibility index (Phi) is 4.54. The minimum Gasteiger partial charge on any atom is -0.497 e. The fraction of sp³-hybridized carbons (Fsp3) is 0.294. The maximum atomic E-state index is 12.4. The number of methoxy groups -OCH3 is 1. The Labute approximate surface area is 138 Å². The molecule has 0 saturated carbocycles. The molecule has 0 radical (unpaired) electrons. The molecule has 0 saturated heterocycles. The first-order chi connectivity index (χ1) is 11.1. The Bertz CT molecular complexity index is 845. The van der Waals surface area contributed by atoms with Crippen LogP contribution in [0.25, 0.3) is 5.69 Å². The summed E-state index contributed by atoms with van der Waals surface area (Å²) in [5, 5.41) is 13.3. The van der Waals surface area contributed by atoms with Gasteiger partial charge in [0.15, 0.2) is 5.78 Å². The monoisotopic (exact) mass is 330 g/mol. The van der Waals surface area contributed by atoms with E-state index in [1.54, 1.807) is 45.0 Å². The first kappa shape index (κ1) is 17.4. The maximum absolute atomic E-state index is 12.4. The van der Waals surface area contributed by atoms with E-state index in [0.29, 0.717) is 11.4 Å². The summed E-state index contributed by atoms with van der Waals surface area (Å²) in [6, 6.07) is 7.37. The summed E-state index contributed by atoms with van der Waals surface area (Å²) in [5.41, 5.74) is -1.81. The standard InChI is InChI=1S/C17H18N2O5/c1-17(2,3)14(20)13-9-12(16(22)23)15(21)19(18-13)10-5-7-11(24-4)8-6-10/h5-9H,1-4H3,(H,22,23). The summed E-state index contributed by atoms with van der Waals surface area (Å²) in [6.45, 7) is 5.08. The predicted molar refractivity (Wildman–Crippen MR) is 87.1 cm³/mol. The lowest BCUT2D eigenvalue weighted by molar-refractivity contribution is 0.0694. The second-order valence-corrected chi connectivity index (χ2v) is 6.24. The van der Waals surface area contributed by atoms with E-state index < -0.39 is 22.5 Å². The zero-order valence-corrected chi connectivity index (χ0v) is 13.9. The maximum Gasteiger partial charge on any atom is 0.341 e. The number of nitrogens with zero attached hydrogens (tertiary/aromatic N) is 2. The molecule has 0 spiro atoms. The number of carboxylic acids is 1. The summed E-state index contributed by atoms with van der Waals surface area (Å²) in [6.07, 6.45) is 0. The van der Waals surface area contributed by atoms with Gasteiger partial charge >= 0.3 is 5.97 Å². The smallest absolute Gasteiger partial charge is 0.341 e. The van der Waals surface area contributed by atoms with Gasteiger partial charge in [0.05, 0.1) is 12.8 Å². The molecule has 24 heavy (non-hydrogen) atoms. The molecule has 2 rings (SSSR count). The van der Waals surface area contributed by atoms with Crippen molar-refractivity contribution in [2.24, 2.45) is 5.41 Å². The largest absolute Gasteiger partial charge is 0.497 e. The van der Waals surface area contributed by atoms with Crippen LogP contribution in [-0.2, 0) is 0 Å². The number of rotatable bonds is 4. The number of Topliss-reactive ketones (excluding diaryl/α,β-unsaturated/α-hetero) is 1. The summed E-state index contributed by atoms with van der Waals surface area (Å²) in [5.74, 6) is -1.19. The van der Waals surface area contributed by atoms with Gasteiger partial charge in [-0.2, -0.15) is 9.78 Å². The highest BCUT2D eigenvalue weighted by Gasteiger charge is 2.27. The number of aromatic carboxylic acids is 1. The van der Waals surface area contributed by atoms with Gasteiger partial charge in [0.2, 0.25) is 0 Å². The van der Waals surface area contributed by atoms with Gasteiger partial charge in [-0.15, -0.1) is 0 Å². The summed E-state index contributed by atoms with van der Waals surface area (Å²) >= 11 is 0. The molecule has 0 fully saturated rings. The molecule has 2 aromatic rings. The molecule has 7 nitrogen and oxygen atoms in total. The lowest BCUT2D eigenvalue weighted by atomic mass is 9.88. The Hall–Kier alpha value is -2.96. The van der Waals surface area contributed by atoms with E-state index in [1.165, 1.54) is 7.11 Å². The zero-order chi connectivity index (χ0) is 18.1. The Morgan fingerprint density at radius 1 is 1.17 bits per heavy atom. The van der Waals surface area contributed by atoms with Crippen LogP contribution in [0.4, 0.5) is 0 Å². The van der Waals surface area contributed by atoms with Crippen molar-refractivity contribution >= 4 is 11.8 Å². The second-order valence-electron chi connectivity index (χ2n) is 6.24. The van der Waals surface area contributed by atoms with Crippen molar-refractivity contribution in [1.82, 2.24) is 9.78 Å². The quantitative estimate of drug-likeness (QED) is 0.863. The molecular weight excluding hydrogens is 312 g/mol.